The van der Waals surface area contributed by atoms with E-state index in [4.69, 9.17) is 5.84 Å². The number of rotatable bonds is 2. The third kappa shape index (κ3) is 2.27. The van der Waals surface area contributed by atoms with Gasteiger partial charge < -0.3 is 0 Å². The molecule has 0 aliphatic heterocycles. The van der Waals surface area contributed by atoms with Crippen molar-refractivity contribution >= 4 is 31.9 Å². The molecule has 1 rings (SSSR count). The van der Waals surface area contributed by atoms with Crippen molar-refractivity contribution < 1.29 is 0 Å². The van der Waals surface area contributed by atoms with Crippen LogP contribution in [0.1, 0.15) is 5.56 Å². The van der Waals surface area contributed by atoms with E-state index in [1.165, 1.54) is 0 Å². The molecule has 0 aliphatic rings. The van der Waals surface area contributed by atoms with Crippen LogP contribution in [0.2, 0.25) is 0 Å². The van der Waals surface area contributed by atoms with Crippen LogP contribution in [0.3, 0.4) is 0 Å². The molecule has 0 saturated carbocycles. The minimum atomic E-state index is 0.655. The van der Waals surface area contributed by atoms with Crippen molar-refractivity contribution in [2.45, 2.75) is 6.54 Å². The Bertz CT molecular complexity index is 230. The predicted octanol–water partition coefficient (Wildman–Crippen LogP) is 2.17. The standard InChI is InChI=1S/C7H8Br2N2/c8-6-2-1-3-7(9)5(6)4-11-10/h1-3,11H,4,10H2. The first kappa shape index (κ1) is 9.19. The van der Waals surface area contributed by atoms with Gasteiger partial charge in [0, 0.05) is 15.5 Å². The Balaban J connectivity index is 3.00. The minimum Gasteiger partial charge on any atom is -0.271 e. The van der Waals surface area contributed by atoms with Gasteiger partial charge in [-0.25, -0.2) is 0 Å². The largest absolute Gasteiger partial charge is 0.271 e. The molecule has 0 unspecified atom stereocenters. The Hall–Kier alpha value is 0.1000. The van der Waals surface area contributed by atoms with Crippen LogP contribution in [-0.2, 0) is 6.54 Å². The lowest BCUT2D eigenvalue weighted by molar-refractivity contribution is 0.736. The quantitative estimate of drug-likeness (QED) is 0.643. The molecule has 0 spiro atoms. The zero-order valence-corrected chi connectivity index (χ0v) is 8.94. The molecule has 3 N–H and O–H groups in total. The summed E-state index contributed by atoms with van der Waals surface area (Å²) in [5.74, 6) is 5.21. The minimum absolute atomic E-state index is 0.655. The molecule has 4 heteroatoms. The first-order chi connectivity index (χ1) is 5.25. The lowest BCUT2D eigenvalue weighted by atomic mass is 10.2. The molecule has 0 aromatic heterocycles. The van der Waals surface area contributed by atoms with E-state index in [0.29, 0.717) is 6.54 Å². The summed E-state index contributed by atoms with van der Waals surface area (Å²) in [6.45, 7) is 0.655. The molecular weight excluding hydrogens is 272 g/mol. The monoisotopic (exact) mass is 278 g/mol. The zero-order valence-electron chi connectivity index (χ0n) is 5.77. The Morgan fingerprint density at radius 1 is 1.27 bits per heavy atom. The molecule has 11 heavy (non-hydrogen) atoms. The topological polar surface area (TPSA) is 38.0 Å². The second-order valence-corrected chi connectivity index (χ2v) is 3.79. The maximum absolute atomic E-state index is 5.21. The number of hydrogen-bond acceptors (Lipinski definition) is 2. The van der Waals surface area contributed by atoms with Crippen LogP contribution in [0.4, 0.5) is 0 Å². The van der Waals surface area contributed by atoms with Crippen molar-refractivity contribution in [3.63, 3.8) is 0 Å². The third-order valence-electron chi connectivity index (χ3n) is 1.34. The highest BCUT2D eigenvalue weighted by Crippen LogP contribution is 2.24. The first-order valence-corrected chi connectivity index (χ1v) is 4.70. The van der Waals surface area contributed by atoms with Crippen molar-refractivity contribution in [3.8, 4) is 0 Å². The molecule has 0 amide bonds. The summed E-state index contributed by atoms with van der Waals surface area (Å²) >= 11 is 6.85. The number of halogens is 2. The smallest absolute Gasteiger partial charge is 0.0371 e. The van der Waals surface area contributed by atoms with E-state index in [0.717, 1.165) is 14.5 Å². The lowest BCUT2D eigenvalue weighted by Gasteiger charge is -2.04. The molecule has 1 aromatic carbocycles. The highest BCUT2D eigenvalue weighted by atomic mass is 79.9. The van der Waals surface area contributed by atoms with Crippen molar-refractivity contribution in [1.82, 2.24) is 5.43 Å². The molecule has 0 radical (unpaired) electrons. The number of hydrazine groups is 1. The summed E-state index contributed by atoms with van der Waals surface area (Å²) in [5, 5.41) is 0. The normalized spacial score (nSPS) is 10.1. The van der Waals surface area contributed by atoms with Gasteiger partial charge in [0.05, 0.1) is 0 Å². The summed E-state index contributed by atoms with van der Waals surface area (Å²) in [7, 11) is 0. The van der Waals surface area contributed by atoms with Gasteiger partial charge in [-0.2, -0.15) is 0 Å². The Morgan fingerprint density at radius 2 is 1.82 bits per heavy atom. The summed E-state index contributed by atoms with van der Waals surface area (Å²) < 4.78 is 2.12. The fourth-order valence-corrected chi connectivity index (χ4v) is 2.08. The van der Waals surface area contributed by atoms with E-state index in [2.05, 4.69) is 37.3 Å². The third-order valence-corrected chi connectivity index (χ3v) is 2.83. The van der Waals surface area contributed by atoms with E-state index in [1.807, 2.05) is 18.2 Å². The molecule has 0 aliphatic carbocycles. The lowest BCUT2D eigenvalue weighted by Crippen LogP contribution is -2.21. The second-order valence-electron chi connectivity index (χ2n) is 2.08. The van der Waals surface area contributed by atoms with E-state index >= 15 is 0 Å². The zero-order chi connectivity index (χ0) is 8.27. The highest BCUT2D eigenvalue weighted by molar-refractivity contribution is 9.11. The maximum Gasteiger partial charge on any atom is 0.0371 e. The second kappa shape index (κ2) is 4.21. The van der Waals surface area contributed by atoms with E-state index in [1.54, 1.807) is 0 Å². The molecule has 0 fully saturated rings. The van der Waals surface area contributed by atoms with Crippen molar-refractivity contribution in [1.29, 1.82) is 0 Å². The van der Waals surface area contributed by atoms with Crippen molar-refractivity contribution in [3.05, 3.63) is 32.7 Å². The molecule has 1 aromatic rings. The van der Waals surface area contributed by atoms with Crippen LogP contribution >= 0.6 is 31.9 Å². The van der Waals surface area contributed by atoms with Crippen LogP contribution < -0.4 is 11.3 Å². The van der Waals surface area contributed by atoms with Gasteiger partial charge >= 0.3 is 0 Å². The fourth-order valence-electron chi connectivity index (χ4n) is 0.803. The summed E-state index contributed by atoms with van der Waals surface area (Å²) in [6, 6.07) is 5.93. The van der Waals surface area contributed by atoms with Crippen molar-refractivity contribution in [2.75, 3.05) is 0 Å². The average Bonchev–Trinajstić information content (AvgIpc) is 1.97. The van der Waals surface area contributed by atoms with Crippen LogP contribution in [0, 0.1) is 0 Å². The van der Waals surface area contributed by atoms with Crippen LogP contribution in [0.25, 0.3) is 0 Å². The number of hydrogen-bond donors (Lipinski definition) is 2. The molecule has 0 bridgehead atoms. The molecule has 60 valence electrons. The van der Waals surface area contributed by atoms with Crippen molar-refractivity contribution in [2.24, 2.45) is 5.84 Å². The molecule has 0 heterocycles. The van der Waals surface area contributed by atoms with Crippen LogP contribution in [0.15, 0.2) is 27.1 Å². The average molecular weight is 280 g/mol. The summed E-state index contributed by atoms with van der Waals surface area (Å²) in [6.07, 6.45) is 0. The highest BCUT2D eigenvalue weighted by Gasteiger charge is 2.01. The van der Waals surface area contributed by atoms with Crippen LogP contribution in [-0.4, -0.2) is 0 Å². The van der Waals surface area contributed by atoms with Crippen LogP contribution in [0.5, 0.6) is 0 Å². The van der Waals surface area contributed by atoms with Gasteiger partial charge in [0.25, 0.3) is 0 Å². The van der Waals surface area contributed by atoms with Gasteiger partial charge in [-0.1, -0.05) is 37.9 Å². The van der Waals surface area contributed by atoms with Gasteiger partial charge in [-0.05, 0) is 17.7 Å². The first-order valence-electron chi connectivity index (χ1n) is 3.12. The van der Waals surface area contributed by atoms with Gasteiger partial charge in [0.1, 0.15) is 0 Å². The predicted molar refractivity (Wildman–Crippen MR) is 52.9 cm³/mol. The van der Waals surface area contributed by atoms with Gasteiger partial charge in [0.2, 0.25) is 0 Å². The summed E-state index contributed by atoms with van der Waals surface area (Å²) in [5.41, 5.74) is 3.74. The Labute approximate surface area is 82.4 Å². The van der Waals surface area contributed by atoms with E-state index < -0.39 is 0 Å². The fraction of sp³-hybridized carbons (Fsp3) is 0.143. The molecule has 0 saturated heterocycles. The number of benzene rings is 1. The molecular formula is C7H8Br2N2. The van der Waals surface area contributed by atoms with Gasteiger partial charge in [0.15, 0.2) is 0 Å². The Kier molecular flexibility index (Phi) is 3.51. The number of nitrogens with two attached hydrogens (primary N) is 1. The summed E-state index contributed by atoms with van der Waals surface area (Å²) in [4.78, 5) is 0. The van der Waals surface area contributed by atoms with Gasteiger partial charge in [-0.15, -0.1) is 0 Å². The van der Waals surface area contributed by atoms with E-state index in [-0.39, 0.29) is 0 Å². The maximum atomic E-state index is 5.21. The number of nitrogens with one attached hydrogen (secondary N) is 1. The molecule has 2 nitrogen and oxygen atoms in total. The van der Waals surface area contributed by atoms with E-state index in [9.17, 15) is 0 Å². The SMILES string of the molecule is NNCc1c(Br)cccc1Br. The van der Waals surface area contributed by atoms with Gasteiger partial charge in [-0.3, -0.25) is 11.3 Å². The molecule has 0 atom stereocenters. The Morgan fingerprint density at radius 3 is 2.27 bits per heavy atom.